The number of hydrogen-bond donors (Lipinski definition) is 0. The van der Waals surface area contributed by atoms with Crippen LogP contribution in [0.2, 0.25) is 0 Å². The Balaban J connectivity index is 1.68. The molecule has 0 saturated carbocycles. The minimum absolute atomic E-state index is 1.07. The van der Waals surface area contributed by atoms with Gasteiger partial charge in [0, 0.05) is 25.3 Å². The van der Waals surface area contributed by atoms with Crippen molar-refractivity contribution >= 4 is 12.0 Å². The topological polar surface area (TPSA) is 18.8 Å². The summed E-state index contributed by atoms with van der Waals surface area (Å²) >= 11 is 0. The van der Waals surface area contributed by atoms with Gasteiger partial charge in [0.25, 0.3) is 0 Å². The van der Waals surface area contributed by atoms with Gasteiger partial charge in [-0.2, -0.15) is 5.10 Å². The summed E-state index contributed by atoms with van der Waals surface area (Å²) in [6.07, 6.45) is 7.08. The van der Waals surface area contributed by atoms with Gasteiger partial charge in [0.05, 0.1) is 0 Å². The van der Waals surface area contributed by atoms with Crippen molar-refractivity contribution < 1.29 is 0 Å². The molecule has 3 heteroatoms. The van der Waals surface area contributed by atoms with Crippen LogP contribution in [-0.4, -0.2) is 31.0 Å². The van der Waals surface area contributed by atoms with Crippen LogP contribution in [-0.2, 0) is 6.42 Å². The fraction of sp³-hybridized carbons (Fsp3) is 0.500. The highest BCUT2D eigenvalue weighted by atomic mass is 15.5. The number of fused-ring (bicyclic) bond motifs is 1. The van der Waals surface area contributed by atoms with Crippen molar-refractivity contribution in [3.63, 3.8) is 0 Å². The molecule has 0 aliphatic carbocycles. The fourth-order valence-corrected chi connectivity index (χ4v) is 2.61. The van der Waals surface area contributed by atoms with Gasteiger partial charge in [-0.25, -0.2) is 0 Å². The summed E-state index contributed by atoms with van der Waals surface area (Å²) in [6.45, 7) is 3.30. The predicted octanol–water partition coefficient (Wildman–Crippen LogP) is 2.48. The van der Waals surface area contributed by atoms with E-state index in [1.165, 1.54) is 30.5 Å². The lowest BCUT2D eigenvalue weighted by Crippen LogP contribution is -2.27. The number of anilines is 1. The van der Waals surface area contributed by atoms with Gasteiger partial charge in [-0.3, -0.25) is 5.01 Å². The Bertz CT molecular complexity index is 408. The molecule has 0 radical (unpaired) electrons. The molecule has 0 atom stereocenters. The minimum atomic E-state index is 1.07. The molecule has 0 amide bonds. The van der Waals surface area contributed by atoms with Crippen molar-refractivity contribution in [2.45, 2.75) is 25.7 Å². The average molecular weight is 229 g/mol. The Morgan fingerprint density at radius 2 is 1.82 bits per heavy atom. The molecule has 2 aliphatic rings. The highest BCUT2D eigenvalue weighted by molar-refractivity contribution is 5.82. The first kappa shape index (κ1) is 10.6. The molecule has 1 aromatic carbocycles. The van der Waals surface area contributed by atoms with Gasteiger partial charge in [-0.05, 0) is 37.3 Å². The van der Waals surface area contributed by atoms with E-state index in [0.717, 1.165) is 26.1 Å². The van der Waals surface area contributed by atoms with E-state index < -0.39 is 0 Å². The maximum absolute atomic E-state index is 4.60. The Labute approximate surface area is 103 Å². The molecule has 1 fully saturated rings. The zero-order valence-electron chi connectivity index (χ0n) is 10.2. The third-order valence-electron chi connectivity index (χ3n) is 3.61. The summed E-state index contributed by atoms with van der Waals surface area (Å²) in [6, 6.07) is 8.62. The molecule has 2 aliphatic heterocycles. The molecule has 90 valence electrons. The number of nitrogens with zero attached hydrogens (tertiary/aromatic N) is 3. The number of para-hydroxylation sites is 1. The molecule has 3 nitrogen and oxygen atoms in total. The Kier molecular flexibility index (Phi) is 2.99. The van der Waals surface area contributed by atoms with E-state index in [1.54, 1.807) is 0 Å². The molecule has 2 heterocycles. The Hall–Kier alpha value is -1.51. The molecule has 0 aromatic heterocycles. The first-order valence-corrected chi connectivity index (χ1v) is 6.57. The van der Waals surface area contributed by atoms with Gasteiger partial charge in [-0.15, -0.1) is 0 Å². The second kappa shape index (κ2) is 4.78. The first-order valence-electron chi connectivity index (χ1n) is 6.57. The second-order valence-corrected chi connectivity index (χ2v) is 4.82. The van der Waals surface area contributed by atoms with E-state index in [9.17, 15) is 0 Å². The van der Waals surface area contributed by atoms with E-state index in [4.69, 9.17) is 0 Å². The maximum Gasteiger partial charge on any atom is 0.115 e. The number of hydrazone groups is 1. The Morgan fingerprint density at radius 3 is 2.71 bits per heavy atom. The zero-order chi connectivity index (χ0) is 11.5. The van der Waals surface area contributed by atoms with Crippen LogP contribution in [0.3, 0.4) is 0 Å². The van der Waals surface area contributed by atoms with Crippen LogP contribution >= 0.6 is 0 Å². The normalized spacial score (nSPS) is 20.0. The molecule has 3 rings (SSSR count). The van der Waals surface area contributed by atoms with Crippen LogP contribution in [0.25, 0.3) is 0 Å². The van der Waals surface area contributed by atoms with E-state index >= 15 is 0 Å². The minimum Gasteiger partial charge on any atom is -0.330 e. The van der Waals surface area contributed by atoms with Gasteiger partial charge >= 0.3 is 0 Å². The highest BCUT2D eigenvalue weighted by Crippen LogP contribution is 2.26. The van der Waals surface area contributed by atoms with Crippen LogP contribution in [0.5, 0.6) is 0 Å². The molecule has 17 heavy (non-hydrogen) atoms. The van der Waals surface area contributed by atoms with Crippen LogP contribution in [0.15, 0.2) is 29.4 Å². The van der Waals surface area contributed by atoms with Gasteiger partial charge < -0.3 is 4.90 Å². The first-order chi connectivity index (χ1) is 8.43. The molecule has 0 spiro atoms. The summed E-state index contributed by atoms with van der Waals surface area (Å²) in [4.78, 5) is 2.27. The number of rotatable bonds is 2. The van der Waals surface area contributed by atoms with Crippen LogP contribution in [0.1, 0.15) is 24.8 Å². The van der Waals surface area contributed by atoms with Crippen molar-refractivity contribution in [3.05, 3.63) is 29.8 Å². The lowest BCUT2D eigenvalue weighted by Gasteiger charge is -2.24. The van der Waals surface area contributed by atoms with Gasteiger partial charge in [0.15, 0.2) is 0 Å². The van der Waals surface area contributed by atoms with E-state index in [2.05, 4.69) is 39.3 Å². The number of hydrogen-bond acceptors (Lipinski definition) is 2. The molecule has 1 saturated heterocycles. The predicted molar refractivity (Wildman–Crippen MR) is 71.4 cm³/mol. The molecule has 0 bridgehead atoms. The lowest BCUT2D eigenvalue weighted by molar-refractivity contribution is 0.240. The largest absolute Gasteiger partial charge is 0.330 e. The molecular formula is C14H19N3. The van der Waals surface area contributed by atoms with E-state index in [1.807, 2.05) is 6.34 Å². The van der Waals surface area contributed by atoms with Crippen molar-refractivity contribution in [2.75, 3.05) is 24.5 Å². The average Bonchev–Trinajstić information content (AvgIpc) is 2.81. The third-order valence-corrected chi connectivity index (χ3v) is 3.61. The van der Waals surface area contributed by atoms with Gasteiger partial charge in [-0.1, -0.05) is 18.2 Å². The fourth-order valence-electron chi connectivity index (χ4n) is 2.61. The van der Waals surface area contributed by atoms with Crippen molar-refractivity contribution in [1.29, 1.82) is 0 Å². The highest BCUT2D eigenvalue weighted by Gasteiger charge is 2.16. The monoisotopic (exact) mass is 229 g/mol. The van der Waals surface area contributed by atoms with Gasteiger partial charge in [0.1, 0.15) is 6.34 Å². The summed E-state index contributed by atoms with van der Waals surface area (Å²) in [5, 5.41) is 6.80. The second-order valence-electron chi connectivity index (χ2n) is 4.82. The quantitative estimate of drug-likeness (QED) is 0.573. The molecule has 0 N–H and O–H groups in total. The SMILES string of the molecule is C(=N\N1CCCCC1)/N1CCc2ccccc21. The smallest absolute Gasteiger partial charge is 0.115 e. The van der Waals surface area contributed by atoms with Crippen LogP contribution in [0.4, 0.5) is 5.69 Å². The standard InChI is InChI=1S/C14H19N3/c1-4-9-17(10-5-1)15-12-16-11-8-13-6-2-3-7-14(13)16/h2-3,6-7,12H,1,4-5,8-11H2/b15-12+. The zero-order valence-corrected chi connectivity index (χ0v) is 10.2. The Morgan fingerprint density at radius 1 is 1.00 bits per heavy atom. The maximum atomic E-state index is 4.60. The molecule has 0 unspecified atom stereocenters. The van der Waals surface area contributed by atoms with Crippen molar-refractivity contribution in [2.24, 2.45) is 5.10 Å². The van der Waals surface area contributed by atoms with E-state index in [0.29, 0.717) is 0 Å². The van der Waals surface area contributed by atoms with Gasteiger partial charge in [0.2, 0.25) is 0 Å². The molecule has 1 aromatic rings. The summed E-state index contributed by atoms with van der Waals surface area (Å²) < 4.78 is 0. The van der Waals surface area contributed by atoms with E-state index in [-0.39, 0.29) is 0 Å². The van der Waals surface area contributed by atoms with Crippen molar-refractivity contribution in [3.8, 4) is 0 Å². The van der Waals surface area contributed by atoms with Crippen molar-refractivity contribution in [1.82, 2.24) is 5.01 Å². The summed E-state index contributed by atoms with van der Waals surface area (Å²) in [5.41, 5.74) is 2.77. The number of piperidine rings is 1. The lowest BCUT2D eigenvalue weighted by atomic mass is 10.2. The molecular weight excluding hydrogens is 210 g/mol. The third kappa shape index (κ3) is 2.28. The number of benzene rings is 1. The summed E-state index contributed by atoms with van der Waals surface area (Å²) in [5.74, 6) is 0. The summed E-state index contributed by atoms with van der Waals surface area (Å²) in [7, 11) is 0. The van der Waals surface area contributed by atoms with Crippen LogP contribution in [0, 0.1) is 0 Å². The van der Waals surface area contributed by atoms with Crippen LogP contribution < -0.4 is 4.90 Å².